The van der Waals surface area contributed by atoms with Gasteiger partial charge in [0, 0.05) is 31.5 Å². The van der Waals surface area contributed by atoms with Crippen molar-refractivity contribution in [3.63, 3.8) is 0 Å². The number of aromatic nitrogens is 2. The van der Waals surface area contributed by atoms with Crippen LogP contribution in [0.5, 0.6) is 0 Å². The minimum atomic E-state index is -0.284. The normalized spacial score (nSPS) is 10.4. The number of anilines is 4. The minimum absolute atomic E-state index is 0.273. The molecule has 0 bridgehead atoms. The van der Waals surface area contributed by atoms with Crippen molar-refractivity contribution < 1.29 is 9.21 Å². The number of nitrogens with zero attached hydrogens (tertiary/aromatic N) is 3. The Bertz CT molecular complexity index is 858. The first kappa shape index (κ1) is 16.5. The summed E-state index contributed by atoms with van der Waals surface area (Å²) in [5, 5.41) is 6.01. The Morgan fingerprint density at radius 2 is 1.80 bits per heavy atom. The monoisotopic (exact) mass is 337 g/mol. The third-order valence-electron chi connectivity index (χ3n) is 3.44. The van der Waals surface area contributed by atoms with Crippen LogP contribution < -0.4 is 15.5 Å². The topological polar surface area (TPSA) is 83.3 Å². The van der Waals surface area contributed by atoms with Crippen LogP contribution in [0.3, 0.4) is 0 Å². The first-order valence-electron chi connectivity index (χ1n) is 7.76. The van der Waals surface area contributed by atoms with E-state index in [1.54, 1.807) is 12.1 Å². The van der Waals surface area contributed by atoms with E-state index < -0.39 is 0 Å². The van der Waals surface area contributed by atoms with Gasteiger partial charge in [0.1, 0.15) is 17.5 Å². The van der Waals surface area contributed by atoms with E-state index in [0.29, 0.717) is 17.3 Å². The number of rotatable bonds is 5. The van der Waals surface area contributed by atoms with Gasteiger partial charge in [0.15, 0.2) is 5.76 Å². The molecule has 3 rings (SSSR count). The van der Waals surface area contributed by atoms with Crippen molar-refractivity contribution in [3.8, 4) is 0 Å². The van der Waals surface area contributed by atoms with Gasteiger partial charge >= 0.3 is 0 Å². The Morgan fingerprint density at radius 3 is 2.44 bits per heavy atom. The summed E-state index contributed by atoms with van der Waals surface area (Å²) in [6.07, 6.45) is 1.47. The quantitative estimate of drug-likeness (QED) is 0.742. The standard InChI is InChI=1S/C18H19N5O2/c1-12-19-16(11-17(20-12)23(2)3)21-13-6-8-14(9-7-13)22-18(24)15-5-4-10-25-15/h4-11H,1-3H3,(H,22,24)(H,19,20,21). The highest BCUT2D eigenvalue weighted by Crippen LogP contribution is 2.20. The molecule has 0 aliphatic carbocycles. The lowest BCUT2D eigenvalue weighted by atomic mass is 10.2. The third-order valence-corrected chi connectivity index (χ3v) is 3.44. The first-order valence-corrected chi connectivity index (χ1v) is 7.76. The van der Waals surface area contributed by atoms with Crippen molar-refractivity contribution in [1.82, 2.24) is 9.97 Å². The minimum Gasteiger partial charge on any atom is -0.459 e. The molecule has 1 aromatic carbocycles. The average Bonchev–Trinajstić information content (AvgIpc) is 3.11. The van der Waals surface area contributed by atoms with Gasteiger partial charge in [-0.1, -0.05) is 0 Å². The van der Waals surface area contributed by atoms with Gasteiger partial charge in [-0.2, -0.15) is 0 Å². The van der Waals surface area contributed by atoms with Crippen LogP contribution in [0.15, 0.2) is 53.1 Å². The lowest BCUT2D eigenvalue weighted by Gasteiger charge is -2.14. The zero-order valence-corrected chi connectivity index (χ0v) is 14.3. The third kappa shape index (κ3) is 4.14. The van der Waals surface area contributed by atoms with Gasteiger partial charge in [0.25, 0.3) is 5.91 Å². The molecule has 0 saturated carbocycles. The molecule has 7 heteroatoms. The molecule has 7 nitrogen and oxygen atoms in total. The lowest BCUT2D eigenvalue weighted by molar-refractivity contribution is 0.0996. The van der Waals surface area contributed by atoms with Crippen molar-refractivity contribution in [3.05, 3.63) is 60.3 Å². The number of hydrogen-bond acceptors (Lipinski definition) is 6. The van der Waals surface area contributed by atoms with Crippen LogP contribution in [-0.4, -0.2) is 30.0 Å². The molecule has 2 N–H and O–H groups in total. The fourth-order valence-electron chi connectivity index (χ4n) is 2.23. The van der Waals surface area contributed by atoms with Crippen LogP contribution in [0.2, 0.25) is 0 Å². The van der Waals surface area contributed by atoms with Gasteiger partial charge in [0.05, 0.1) is 6.26 Å². The Morgan fingerprint density at radius 1 is 1.08 bits per heavy atom. The van der Waals surface area contributed by atoms with E-state index >= 15 is 0 Å². The second-order valence-electron chi connectivity index (χ2n) is 5.69. The molecule has 0 saturated heterocycles. The number of hydrogen-bond donors (Lipinski definition) is 2. The van der Waals surface area contributed by atoms with Gasteiger partial charge in [-0.15, -0.1) is 0 Å². The van der Waals surface area contributed by atoms with E-state index in [-0.39, 0.29) is 11.7 Å². The van der Waals surface area contributed by atoms with Crippen LogP contribution >= 0.6 is 0 Å². The maximum absolute atomic E-state index is 11.9. The van der Waals surface area contributed by atoms with E-state index in [2.05, 4.69) is 20.6 Å². The second-order valence-corrected chi connectivity index (χ2v) is 5.69. The fourth-order valence-corrected chi connectivity index (χ4v) is 2.23. The SMILES string of the molecule is Cc1nc(Nc2ccc(NC(=O)c3ccco3)cc2)cc(N(C)C)n1. The van der Waals surface area contributed by atoms with Crippen molar-refractivity contribution >= 4 is 28.9 Å². The zero-order valence-electron chi connectivity index (χ0n) is 14.3. The van der Waals surface area contributed by atoms with E-state index in [4.69, 9.17) is 4.42 Å². The molecular weight excluding hydrogens is 318 g/mol. The number of carbonyl (C=O) groups excluding carboxylic acids is 1. The summed E-state index contributed by atoms with van der Waals surface area (Å²) in [4.78, 5) is 22.6. The molecule has 0 unspecified atom stereocenters. The molecule has 3 aromatic rings. The van der Waals surface area contributed by atoms with Gasteiger partial charge in [-0.05, 0) is 43.3 Å². The maximum atomic E-state index is 11.9. The Labute approximate surface area is 145 Å². The molecular formula is C18H19N5O2. The Balaban J connectivity index is 1.70. The fraction of sp³-hybridized carbons (Fsp3) is 0.167. The number of benzene rings is 1. The number of aryl methyl sites for hydroxylation is 1. The smallest absolute Gasteiger partial charge is 0.291 e. The van der Waals surface area contributed by atoms with Crippen LogP contribution in [0.25, 0.3) is 0 Å². The molecule has 0 aliphatic heterocycles. The largest absolute Gasteiger partial charge is 0.459 e. The molecule has 0 radical (unpaired) electrons. The predicted octanol–water partition coefficient (Wildman–Crippen LogP) is 3.44. The summed E-state index contributed by atoms with van der Waals surface area (Å²) in [7, 11) is 3.87. The summed E-state index contributed by atoms with van der Waals surface area (Å²) in [5.74, 6) is 2.22. The highest BCUT2D eigenvalue weighted by atomic mass is 16.3. The molecule has 0 spiro atoms. The summed E-state index contributed by atoms with van der Waals surface area (Å²) in [6.45, 7) is 1.85. The van der Waals surface area contributed by atoms with Crippen molar-refractivity contribution in [2.24, 2.45) is 0 Å². The van der Waals surface area contributed by atoms with E-state index in [1.165, 1.54) is 6.26 Å². The van der Waals surface area contributed by atoms with Gasteiger partial charge < -0.3 is 20.0 Å². The van der Waals surface area contributed by atoms with Crippen LogP contribution in [-0.2, 0) is 0 Å². The second kappa shape index (κ2) is 7.04. The first-order chi connectivity index (χ1) is 12.0. The van der Waals surface area contributed by atoms with Gasteiger partial charge in [0.2, 0.25) is 0 Å². The molecule has 1 amide bonds. The molecule has 25 heavy (non-hydrogen) atoms. The lowest BCUT2D eigenvalue weighted by Crippen LogP contribution is -2.12. The maximum Gasteiger partial charge on any atom is 0.291 e. The summed E-state index contributed by atoms with van der Waals surface area (Å²) >= 11 is 0. The number of furan rings is 1. The Hall–Kier alpha value is -3.35. The van der Waals surface area contributed by atoms with Crippen molar-refractivity contribution in [2.75, 3.05) is 29.6 Å². The van der Waals surface area contributed by atoms with Crippen LogP contribution in [0.1, 0.15) is 16.4 Å². The zero-order chi connectivity index (χ0) is 17.8. The van der Waals surface area contributed by atoms with Crippen LogP contribution in [0.4, 0.5) is 23.0 Å². The van der Waals surface area contributed by atoms with Crippen LogP contribution in [0, 0.1) is 6.92 Å². The molecule has 128 valence electrons. The molecule has 0 fully saturated rings. The predicted molar refractivity (Wildman–Crippen MR) is 97.5 cm³/mol. The summed E-state index contributed by atoms with van der Waals surface area (Å²) in [6, 6.07) is 12.5. The van der Waals surface area contributed by atoms with E-state index in [1.807, 2.05) is 56.3 Å². The average molecular weight is 337 g/mol. The molecule has 0 atom stereocenters. The number of nitrogens with one attached hydrogen (secondary N) is 2. The molecule has 0 aliphatic rings. The highest BCUT2D eigenvalue weighted by molar-refractivity contribution is 6.02. The number of amides is 1. The Kier molecular flexibility index (Phi) is 4.65. The molecule has 2 aromatic heterocycles. The van der Waals surface area contributed by atoms with E-state index in [0.717, 1.165) is 11.5 Å². The highest BCUT2D eigenvalue weighted by Gasteiger charge is 2.09. The number of carbonyl (C=O) groups is 1. The summed E-state index contributed by atoms with van der Waals surface area (Å²) in [5.41, 5.74) is 1.54. The van der Waals surface area contributed by atoms with Crippen molar-refractivity contribution in [1.29, 1.82) is 0 Å². The van der Waals surface area contributed by atoms with Gasteiger partial charge in [-0.3, -0.25) is 4.79 Å². The van der Waals surface area contributed by atoms with E-state index in [9.17, 15) is 4.79 Å². The molecule has 2 heterocycles. The van der Waals surface area contributed by atoms with Gasteiger partial charge in [-0.25, -0.2) is 9.97 Å². The van der Waals surface area contributed by atoms with Crippen molar-refractivity contribution in [2.45, 2.75) is 6.92 Å². The summed E-state index contributed by atoms with van der Waals surface area (Å²) < 4.78 is 5.07.